The number of halogens is 9. The molecule has 0 bridgehead atoms. The molecule has 3 unspecified atom stereocenters. The molecule has 2 aliphatic carbocycles. The van der Waals surface area contributed by atoms with Gasteiger partial charge in [-0.2, -0.15) is 39.5 Å². The van der Waals surface area contributed by atoms with Crippen molar-refractivity contribution >= 4 is 45.1 Å². The van der Waals surface area contributed by atoms with Crippen LogP contribution in [0.4, 0.5) is 50.9 Å². The second-order valence-corrected chi connectivity index (χ2v) is 18.1. The molecular weight excluding hydrogens is 904 g/mol. The Morgan fingerprint density at radius 2 is 1.20 bits per heavy atom. The predicted molar refractivity (Wildman–Crippen MR) is 251 cm³/mol. The largest absolute Gasteiger partial charge is 0.416 e. The molecule has 3 heterocycles. The molecule has 6 aromatic rings. The highest BCUT2D eigenvalue weighted by Gasteiger charge is 2.53. The first-order valence-corrected chi connectivity index (χ1v) is 21.9. The number of hydrogen-bond donors (Lipinski definition) is 1. The number of rotatable bonds is 6. The van der Waals surface area contributed by atoms with Gasteiger partial charge in [-0.15, -0.1) is 0 Å². The number of aromatic nitrogens is 2. The predicted octanol–water partition coefficient (Wildman–Crippen LogP) is 14.2. The Balaban J connectivity index is 1.24. The maximum Gasteiger partial charge on any atom is 0.416 e. The van der Waals surface area contributed by atoms with Crippen LogP contribution in [-0.2, 0) is 12.4 Å². The minimum atomic E-state index is -4.66. The second kappa shape index (κ2) is 16.1. The number of allylic oxidation sites excluding steroid dienone is 5. The summed E-state index contributed by atoms with van der Waals surface area (Å²) in [6, 6.07) is 32.2. The molecule has 69 heavy (non-hydrogen) atoms. The van der Waals surface area contributed by atoms with Gasteiger partial charge in [-0.1, -0.05) is 116 Å². The van der Waals surface area contributed by atoms with E-state index in [4.69, 9.17) is 24.9 Å². The van der Waals surface area contributed by atoms with Crippen LogP contribution in [0.15, 0.2) is 184 Å². The molecule has 4 aliphatic rings. The summed E-state index contributed by atoms with van der Waals surface area (Å²) in [6.45, 7) is 5.56. The van der Waals surface area contributed by atoms with Gasteiger partial charge >= 0.3 is 18.5 Å². The molecule has 0 saturated heterocycles. The van der Waals surface area contributed by atoms with Crippen molar-refractivity contribution < 1.29 is 39.5 Å². The van der Waals surface area contributed by atoms with E-state index < -0.39 is 57.8 Å². The van der Waals surface area contributed by atoms with Crippen molar-refractivity contribution in [1.82, 2.24) is 9.97 Å². The van der Waals surface area contributed by atoms with Gasteiger partial charge in [-0.05, 0) is 85.5 Å². The Morgan fingerprint density at radius 3 is 1.84 bits per heavy atom. The van der Waals surface area contributed by atoms with Crippen molar-refractivity contribution in [3.63, 3.8) is 0 Å². The fourth-order valence-corrected chi connectivity index (χ4v) is 9.48. The van der Waals surface area contributed by atoms with Gasteiger partial charge in [0.1, 0.15) is 5.54 Å². The van der Waals surface area contributed by atoms with E-state index in [0.717, 1.165) is 36.4 Å². The van der Waals surface area contributed by atoms with Crippen LogP contribution in [0.2, 0.25) is 0 Å². The van der Waals surface area contributed by atoms with Gasteiger partial charge in [0.05, 0.1) is 79.2 Å². The molecule has 5 aromatic carbocycles. The lowest BCUT2D eigenvalue weighted by atomic mass is 9.60. The van der Waals surface area contributed by atoms with E-state index in [9.17, 15) is 39.5 Å². The van der Waals surface area contributed by atoms with Crippen LogP contribution >= 0.6 is 0 Å². The number of anilines is 1. The zero-order valence-electron chi connectivity index (χ0n) is 36.9. The first-order chi connectivity index (χ1) is 32.6. The minimum absolute atomic E-state index is 0.00507. The molecule has 10 rings (SSSR count). The molecule has 1 aromatic heterocycles. The normalized spacial score (nSPS) is 23.6. The van der Waals surface area contributed by atoms with Crippen LogP contribution in [0, 0.1) is 5.41 Å². The summed E-state index contributed by atoms with van der Waals surface area (Å²) in [5, 5.41) is 3.61. The second-order valence-electron chi connectivity index (χ2n) is 18.1. The summed E-state index contributed by atoms with van der Waals surface area (Å²) in [7, 11) is 0. The van der Waals surface area contributed by atoms with Gasteiger partial charge in [0.25, 0.3) is 0 Å². The van der Waals surface area contributed by atoms with Crippen LogP contribution in [0.3, 0.4) is 0 Å². The Labute approximate surface area is 390 Å². The van der Waals surface area contributed by atoms with Gasteiger partial charge < -0.3 is 5.32 Å². The minimum Gasteiger partial charge on any atom is -0.372 e. The van der Waals surface area contributed by atoms with Crippen molar-refractivity contribution in [3.8, 4) is 11.3 Å². The highest BCUT2D eigenvalue weighted by atomic mass is 19.4. The van der Waals surface area contributed by atoms with Gasteiger partial charge in [0, 0.05) is 16.5 Å². The van der Waals surface area contributed by atoms with Crippen LogP contribution in [0.1, 0.15) is 55.1 Å². The molecule has 0 fully saturated rings. The number of nitrogens with zero attached hydrogens (tertiary/aromatic N) is 5. The number of hydrogen-bond acceptors (Lipinski definition) is 6. The quantitative estimate of drug-likeness (QED) is 0.169. The van der Waals surface area contributed by atoms with Gasteiger partial charge in [-0.25, -0.2) is 15.0 Å². The van der Waals surface area contributed by atoms with Gasteiger partial charge in [-0.3, -0.25) is 9.98 Å². The molecule has 0 amide bonds. The summed E-state index contributed by atoms with van der Waals surface area (Å²) >= 11 is 0. The standard InChI is InChI=1S/C54H39F9N6/c1-49(51(3)48(33-17-11-6-12-18-33)66-42-27-37(53(58,59)60)20-22-40(42)68-51)29-34(46-44(31-13-7-4-8-14-31)65-41-26-36(52(55,56)57)19-21-39(41)64-46)25-35(30-49)47-45(32-15-9-5-10-16-32)67-43-28-38(54(61,62)63)23-24-50(43,2)69-47/h4-29,43,68H,30H2,1-3H3/t43?,49?,50-,51?/m0/s1. The van der Waals surface area contributed by atoms with Crippen LogP contribution in [-0.4, -0.2) is 50.4 Å². The SMILES string of the molecule is CC1(C2(C)Nc3ccc(C(F)(F)F)cc3N=C2c2ccccc2)C=C(c2nc3ccc(C(F)(F)F)cc3nc2-c2ccccc2)C=C(C2=N[C@@]3(C)C=CC(C(F)(F)F)=CC3N=C2c2ccccc2)C1. The summed E-state index contributed by atoms with van der Waals surface area (Å²) in [6.07, 6.45) is -6.50. The fraction of sp³-hybridized carbons (Fsp3) is 0.204. The summed E-state index contributed by atoms with van der Waals surface area (Å²) in [5.41, 5.74) is -1.42. The lowest BCUT2D eigenvalue weighted by molar-refractivity contribution is -0.138. The van der Waals surface area contributed by atoms with Gasteiger partial charge in [0.15, 0.2) is 0 Å². The molecule has 0 spiro atoms. The summed E-state index contributed by atoms with van der Waals surface area (Å²) < 4.78 is 127. The highest BCUT2D eigenvalue weighted by Crippen LogP contribution is 2.53. The lowest BCUT2D eigenvalue weighted by Gasteiger charge is -2.51. The van der Waals surface area contributed by atoms with E-state index in [0.29, 0.717) is 56.4 Å². The number of alkyl halides is 9. The summed E-state index contributed by atoms with van der Waals surface area (Å²) in [5.74, 6) is 0. The smallest absolute Gasteiger partial charge is 0.372 e. The van der Waals surface area contributed by atoms with Crippen LogP contribution < -0.4 is 5.32 Å². The van der Waals surface area contributed by atoms with E-state index in [1.165, 1.54) is 18.2 Å². The zero-order chi connectivity index (χ0) is 48.7. The average Bonchev–Trinajstić information content (AvgIpc) is 3.32. The summed E-state index contributed by atoms with van der Waals surface area (Å²) in [4.78, 5) is 25.3. The molecule has 1 N–H and O–H groups in total. The molecule has 348 valence electrons. The van der Waals surface area contributed by atoms with Crippen LogP contribution in [0.5, 0.6) is 0 Å². The Kier molecular flexibility index (Phi) is 10.6. The highest BCUT2D eigenvalue weighted by molar-refractivity contribution is 6.54. The van der Waals surface area contributed by atoms with Crippen molar-refractivity contribution in [2.75, 3.05) is 5.32 Å². The molecule has 6 nitrogen and oxygen atoms in total. The number of aliphatic imine (C=N–C) groups is 3. The fourth-order valence-electron chi connectivity index (χ4n) is 9.48. The van der Waals surface area contributed by atoms with Crippen molar-refractivity contribution in [1.29, 1.82) is 0 Å². The maximum absolute atomic E-state index is 14.2. The molecule has 4 atom stereocenters. The van der Waals surface area contributed by atoms with Crippen LogP contribution in [0.25, 0.3) is 27.9 Å². The molecular formula is C54H39F9N6. The lowest BCUT2D eigenvalue weighted by Crippen LogP contribution is -2.58. The molecule has 2 aliphatic heterocycles. The molecule has 0 saturated carbocycles. The monoisotopic (exact) mass is 942 g/mol. The van der Waals surface area contributed by atoms with Gasteiger partial charge in [0.2, 0.25) is 0 Å². The first kappa shape index (κ1) is 45.4. The number of benzene rings is 5. The van der Waals surface area contributed by atoms with E-state index in [-0.39, 0.29) is 28.8 Å². The van der Waals surface area contributed by atoms with Crippen molar-refractivity contribution in [2.24, 2.45) is 20.4 Å². The topological polar surface area (TPSA) is 74.9 Å². The van der Waals surface area contributed by atoms with Crippen molar-refractivity contribution in [2.45, 2.75) is 62.8 Å². The maximum atomic E-state index is 14.2. The Morgan fingerprint density at radius 1 is 0.609 bits per heavy atom. The molecule has 15 heteroatoms. The van der Waals surface area contributed by atoms with Crippen molar-refractivity contribution in [3.05, 3.63) is 197 Å². The molecule has 0 radical (unpaired) electrons. The number of fused-ring (bicyclic) bond motifs is 3. The Hall–Kier alpha value is -7.42. The third-order valence-electron chi connectivity index (χ3n) is 13.3. The third-order valence-corrected chi connectivity index (χ3v) is 13.3. The average molecular weight is 943 g/mol. The first-order valence-electron chi connectivity index (χ1n) is 21.9. The Bertz CT molecular complexity index is 3280. The van der Waals surface area contributed by atoms with E-state index in [1.54, 1.807) is 79.7 Å². The third kappa shape index (κ3) is 8.16. The zero-order valence-corrected chi connectivity index (χ0v) is 36.9. The van der Waals surface area contributed by atoms with E-state index in [1.807, 2.05) is 44.2 Å². The van der Waals surface area contributed by atoms with E-state index in [2.05, 4.69) is 5.32 Å². The number of nitrogens with one attached hydrogen (secondary N) is 1. The van der Waals surface area contributed by atoms with E-state index >= 15 is 0 Å².